The molecule has 0 radical (unpaired) electrons. The molecule has 0 saturated heterocycles. The van der Waals surface area contributed by atoms with Crippen LogP contribution in [0.1, 0.15) is 241 Å². The first-order valence-corrected chi connectivity index (χ1v) is 34.8. The summed E-state index contributed by atoms with van der Waals surface area (Å²) >= 11 is 0. The number of fused-ring (bicyclic) bond motifs is 4. The average molecular weight is 1250 g/mol. The first-order chi connectivity index (χ1) is 45.7. The van der Waals surface area contributed by atoms with Gasteiger partial charge in [0.1, 0.15) is 0 Å². The van der Waals surface area contributed by atoms with Gasteiger partial charge in [0, 0.05) is 90.2 Å². The highest BCUT2D eigenvalue weighted by atomic mass is 16.2. The topological polar surface area (TPSA) is 150 Å². The Morgan fingerprint density at radius 1 is 0.213 bits per heavy atom. The Morgan fingerprint density at radius 3 is 0.649 bits per heavy atom. The third-order valence-corrected chi connectivity index (χ3v) is 21.5. The van der Waals surface area contributed by atoms with Crippen LogP contribution >= 0.6 is 0 Å². The maximum absolute atomic E-state index is 15.6. The highest BCUT2D eigenvalue weighted by molar-refractivity contribution is 6.45. The minimum Gasteiger partial charge on any atom is -0.271 e. The van der Waals surface area contributed by atoms with E-state index in [4.69, 9.17) is 0 Å². The van der Waals surface area contributed by atoms with Gasteiger partial charge in [-0.15, -0.1) is 0 Å². The lowest BCUT2D eigenvalue weighted by Gasteiger charge is -2.36. The third-order valence-electron chi connectivity index (χ3n) is 21.5. The first kappa shape index (κ1) is 60.8. The lowest BCUT2D eigenvalue weighted by molar-refractivity contribution is 0.0505. The van der Waals surface area contributed by atoms with Gasteiger partial charge in [-0.05, 0) is 187 Å². The SMILES string of the molecule is CCCC(CCC)N1C(=O)c2ccc3c4ccc5c6c(cc(-c7ccc(-c8cc9c%10c(ccc%11c%12ccc%13c%14c(ccc(c8c%10%11)c%14%12)C(=O)N(C(CCC)CCC)C%13=O)C(=O)N(C(CCC)CCC)C9=O)cc7)c(c7ccc(c2c37)C1=O)c64)C(=O)N(C(CCC)CCC)C5=O. The summed E-state index contributed by atoms with van der Waals surface area (Å²) in [6.45, 7) is 16.6. The molecule has 0 N–H and O–H groups in total. The van der Waals surface area contributed by atoms with E-state index in [1.54, 1.807) is 0 Å². The zero-order valence-electron chi connectivity index (χ0n) is 55.1. The van der Waals surface area contributed by atoms with E-state index in [9.17, 15) is 19.2 Å². The lowest BCUT2D eigenvalue weighted by Crippen LogP contribution is -2.47. The van der Waals surface area contributed by atoms with Crippen molar-refractivity contribution in [2.24, 2.45) is 0 Å². The van der Waals surface area contributed by atoms with E-state index >= 15 is 19.2 Å². The zero-order valence-corrected chi connectivity index (χ0v) is 55.1. The summed E-state index contributed by atoms with van der Waals surface area (Å²) in [5.41, 5.74) is 6.59. The average Bonchev–Trinajstić information content (AvgIpc) is 0.689. The molecule has 0 atom stereocenters. The first-order valence-electron chi connectivity index (χ1n) is 34.8. The smallest absolute Gasteiger partial charge is 0.261 e. The van der Waals surface area contributed by atoms with Gasteiger partial charge < -0.3 is 0 Å². The van der Waals surface area contributed by atoms with Crippen LogP contribution < -0.4 is 0 Å². The maximum Gasteiger partial charge on any atom is 0.261 e. The molecular weight excluding hydrogens is 1170 g/mol. The van der Waals surface area contributed by atoms with Crippen LogP contribution in [-0.4, -0.2) is 91.0 Å². The van der Waals surface area contributed by atoms with E-state index in [1.165, 1.54) is 19.6 Å². The van der Waals surface area contributed by atoms with Crippen molar-refractivity contribution in [2.75, 3.05) is 0 Å². The van der Waals surface area contributed by atoms with Gasteiger partial charge in [0.25, 0.3) is 47.3 Å². The molecule has 0 aromatic heterocycles. The van der Waals surface area contributed by atoms with Crippen LogP contribution in [0, 0.1) is 0 Å². The monoisotopic (exact) mass is 1250 g/mol. The van der Waals surface area contributed by atoms with E-state index in [1.807, 2.05) is 109 Å². The summed E-state index contributed by atoms with van der Waals surface area (Å²) in [7, 11) is 0. The molecule has 11 aromatic rings. The summed E-state index contributed by atoms with van der Waals surface area (Å²) in [5.74, 6) is -2.56. The molecule has 4 heterocycles. The van der Waals surface area contributed by atoms with Gasteiger partial charge in [0.05, 0.1) is 0 Å². The minimum absolute atomic E-state index is 0.248. The molecule has 0 spiro atoms. The number of imide groups is 4. The number of carbonyl (C=O) groups excluding carboxylic acids is 8. The van der Waals surface area contributed by atoms with Crippen LogP contribution in [0.4, 0.5) is 0 Å². The number of hydrogen-bond acceptors (Lipinski definition) is 8. The summed E-state index contributed by atoms with van der Waals surface area (Å²) in [4.78, 5) is 127. The second kappa shape index (κ2) is 23.2. The molecule has 0 aliphatic carbocycles. The fourth-order valence-corrected chi connectivity index (χ4v) is 17.7. The molecule has 12 nitrogen and oxygen atoms in total. The highest BCUT2D eigenvalue weighted by Crippen LogP contribution is 2.53. The molecular formula is C82H78N4O8. The Balaban J connectivity index is 0.996. The number of hydrogen-bond donors (Lipinski definition) is 0. The Bertz CT molecular complexity index is 4750. The number of amides is 8. The second-order valence-corrected chi connectivity index (χ2v) is 27.1. The predicted octanol–water partition coefficient (Wildman–Crippen LogP) is 19.4. The van der Waals surface area contributed by atoms with Crippen LogP contribution in [0.2, 0.25) is 0 Å². The quantitative estimate of drug-likeness (QED) is 0.0370. The number of nitrogens with zero attached hydrogens (tertiary/aromatic N) is 4. The number of carbonyl (C=O) groups is 8. The number of rotatable bonds is 22. The van der Waals surface area contributed by atoms with Crippen molar-refractivity contribution in [1.29, 1.82) is 0 Å². The van der Waals surface area contributed by atoms with E-state index in [0.717, 1.165) is 138 Å². The van der Waals surface area contributed by atoms with Crippen LogP contribution in [-0.2, 0) is 0 Å². The Morgan fingerprint density at radius 2 is 0.415 bits per heavy atom. The van der Waals surface area contributed by atoms with Crippen LogP contribution in [0.3, 0.4) is 0 Å². The number of benzene rings is 11. The van der Waals surface area contributed by atoms with E-state index in [0.29, 0.717) is 117 Å². The van der Waals surface area contributed by atoms with Crippen LogP contribution in [0.5, 0.6) is 0 Å². The summed E-state index contributed by atoms with van der Waals surface area (Å²) in [5, 5.41) is 11.7. The van der Waals surface area contributed by atoms with Gasteiger partial charge in [0.2, 0.25) is 0 Å². The molecule has 8 amide bonds. The molecule has 474 valence electrons. The van der Waals surface area contributed by atoms with Crippen molar-refractivity contribution >= 4 is 133 Å². The molecule has 0 bridgehead atoms. The molecule has 0 unspecified atom stereocenters. The zero-order chi connectivity index (χ0) is 65.4. The molecule has 12 heteroatoms. The van der Waals surface area contributed by atoms with E-state index in [-0.39, 0.29) is 71.4 Å². The fourth-order valence-electron chi connectivity index (χ4n) is 17.7. The Hall–Kier alpha value is -9.42. The van der Waals surface area contributed by atoms with Crippen molar-refractivity contribution in [3.63, 3.8) is 0 Å². The van der Waals surface area contributed by atoms with E-state index in [2.05, 4.69) is 55.4 Å². The fraction of sp³-hybridized carbons (Fsp3) is 0.341. The Kier molecular flexibility index (Phi) is 15.0. The van der Waals surface area contributed by atoms with E-state index < -0.39 is 0 Å². The molecule has 0 fully saturated rings. The van der Waals surface area contributed by atoms with Crippen LogP contribution in [0.15, 0.2) is 109 Å². The molecule has 0 saturated carbocycles. The van der Waals surface area contributed by atoms with Gasteiger partial charge in [-0.1, -0.05) is 167 Å². The van der Waals surface area contributed by atoms with Crippen LogP contribution in [0.25, 0.3) is 108 Å². The lowest BCUT2D eigenvalue weighted by atomic mass is 9.78. The van der Waals surface area contributed by atoms with Crippen molar-refractivity contribution in [2.45, 2.75) is 182 Å². The Labute approximate surface area is 546 Å². The molecule has 15 rings (SSSR count). The molecule has 4 aliphatic heterocycles. The molecule has 94 heavy (non-hydrogen) atoms. The van der Waals surface area contributed by atoms with Crippen molar-refractivity contribution in [1.82, 2.24) is 19.6 Å². The minimum atomic E-state index is -0.345. The normalized spacial score (nSPS) is 15.1. The van der Waals surface area contributed by atoms with Crippen molar-refractivity contribution < 1.29 is 38.4 Å². The molecule has 4 aliphatic rings. The third kappa shape index (κ3) is 8.48. The highest BCUT2D eigenvalue weighted by Gasteiger charge is 2.44. The van der Waals surface area contributed by atoms with Crippen molar-refractivity contribution in [3.8, 4) is 22.3 Å². The standard InChI is InChI=1S/C82H78N4O8/c1-9-17-45(18-10-2)83-75(87)55-35-29-49-51-31-37-59-71-63(81(93)85(79(59)91)47(21-13-5)22-14-6)41-61(67(73(51)71)53-33-39-57(77(83)89)69(55)65(49)53)43-25-27-44(28-26-43)62-42-64-72-60(80(92)86(82(64)94)48(23-15-7)24-16-8)38-32-52-50-30-36-56-70-58(40-34-54(66(50)70)68(62)74(52)72)78(90)84(76(56)88)46(19-11-3)20-12-4/h25-42,45-48H,9-24H2,1-8H3. The van der Waals surface area contributed by atoms with Crippen molar-refractivity contribution in [3.05, 3.63) is 154 Å². The van der Waals surface area contributed by atoms with Gasteiger partial charge in [0.15, 0.2) is 0 Å². The van der Waals surface area contributed by atoms with Gasteiger partial charge in [-0.3, -0.25) is 58.0 Å². The largest absolute Gasteiger partial charge is 0.271 e. The van der Waals surface area contributed by atoms with Gasteiger partial charge in [-0.2, -0.15) is 0 Å². The maximum atomic E-state index is 15.6. The summed E-state index contributed by atoms with van der Waals surface area (Å²) in [6, 6.07) is 34.0. The molecule has 11 aromatic carbocycles. The summed E-state index contributed by atoms with van der Waals surface area (Å²) < 4.78 is 0. The second-order valence-electron chi connectivity index (χ2n) is 27.1. The van der Waals surface area contributed by atoms with Gasteiger partial charge >= 0.3 is 0 Å². The van der Waals surface area contributed by atoms with Gasteiger partial charge in [-0.25, -0.2) is 0 Å². The summed E-state index contributed by atoms with van der Waals surface area (Å²) in [6.07, 6.45) is 11.9. The predicted molar refractivity (Wildman–Crippen MR) is 376 cm³/mol.